The number of hydrogen-bond donors (Lipinski definition) is 1. The molecule has 3 aromatic rings. The van der Waals surface area contributed by atoms with Gasteiger partial charge in [0, 0.05) is 26.3 Å². The summed E-state index contributed by atoms with van der Waals surface area (Å²) < 4.78 is 6.58. The van der Waals surface area contributed by atoms with Gasteiger partial charge in [-0.05, 0) is 30.5 Å². The molecule has 0 aliphatic carbocycles. The summed E-state index contributed by atoms with van der Waals surface area (Å²) >= 11 is 1.28. The second-order valence-corrected chi connectivity index (χ2v) is 7.37. The predicted octanol–water partition coefficient (Wildman–Crippen LogP) is 2.69. The minimum atomic E-state index is -0.467. The third-order valence-electron chi connectivity index (χ3n) is 4.29. The molecule has 7 nitrogen and oxygen atoms in total. The molecule has 0 spiro atoms. The second kappa shape index (κ2) is 9.38. The molecular weight excluding hydrogens is 376 g/mol. The van der Waals surface area contributed by atoms with E-state index in [1.54, 1.807) is 30.9 Å². The largest absolute Gasteiger partial charge is 0.384 e. The van der Waals surface area contributed by atoms with Crippen LogP contribution in [0.3, 0.4) is 0 Å². The smallest absolute Gasteiger partial charge is 0.263 e. The van der Waals surface area contributed by atoms with Crippen LogP contribution in [-0.4, -0.2) is 34.4 Å². The minimum absolute atomic E-state index is 0.129. The highest BCUT2D eigenvalue weighted by molar-refractivity contribution is 7.15. The Kier molecular flexibility index (Phi) is 6.67. The van der Waals surface area contributed by atoms with E-state index in [0.717, 1.165) is 10.6 Å². The molecule has 0 fully saturated rings. The summed E-state index contributed by atoms with van der Waals surface area (Å²) in [6.45, 7) is 2.79. The Morgan fingerprint density at radius 3 is 2.71 bits per heavy atom. The van der Waals surface area contributed by atoms with Crippen molar-refractivity contribution in [2.75, 3.05) is 19.0 Å². The summed E-state index contributed by atoms with van der Waals surface area (Å²) in [5.41, 5.74) is 1.59. The molecule has 0 saturated carbocycles. The van der Waals surface area contributed by atoms with E-state index >= 15 is 0 Å². The fraction of sp³-hybridized carbons (Fsp3) is 0.300. The maximum atomic E-state index is 12.8. The lowest BCUT2D eigenvalue weighted by Crippen LogP contribution is -2.30. The van der Waals surface area contributed by atoms with Crippen LogP contribution in [0.1, 0.15) is 26.5 Å². The van der Waals surface area contributed by atoms with E-state index in [9.17, 15) is 9.59 Å². The number of aromatic nitrogens is 3. The van der Waals surface area contributed by atoms with Crippen LogP contribution in [0.15, 0.2) is 47.4 Å². The lowest BCUT2D eigenvalue weighted by molar-refractivity contribution is 0.102. The van der Waals surface area contributed by atoms with Crippen molar-refractivity contribution in [3.63, 3.8) is 0 Å². The quantitative estimate of drug-likeness (QED) is 0.630. The number of methoxy groups -OCH3 is 1. The van der Waals surface area contributed by atoms with Gasteiger partial charge in [-0.3, -0.25) is 14.9 Å². The molecule has 0 radical (unpaired) electrons. The Bertz CT molecular complexity index is 998. The second-order valence-electron chi connectivity index (χ2n) is 6.31. The Hall–Kier alpha value is -2.84. The molecule has 0 aliphatic heterocycles. The van der Waals surface area contributed by atoms with Gasteiger partial charge in [0.1, 0.15) is 10.6 Å². The summed E-state index contributed by atoms with van der Waals surface area (Å²) in [7, 11) is 1.62. The first-order valence-corrected chi connectivity index (χ1v) is 9.76. The summed E-state index contributed by atoms with van der Waals surface area (Å²) in [6.07, 6.45) is 3.07. The molecule has 1 N–H and O–H groups in total. The van der Waals surface area contributed by atoms with Crippen LogP contribution < -0.4 is 10.9 Å². The molecule has 3 rings (SSSR count). The lowest BCUT2D eigenvalue weighted by Gasteiger charge is -2.10. The van der Waals surface area contributed by atoms with Gasteiger partial charge in [-0.1, -0.05) is 41.7 Å². The highest BCUT2D eigenvalue weighted by atomic mass is 32.1. The highest BCUT2D eigenvalue weighted by Crippen LogP contribution is 2.17. The number of carbonyl (C=O) groups is 1. The molecule has 1 amide bonds. The number of amides is 1. The van der Waals surface area contributed by atoms with E-state index in [2.05, 4.69) is 15.5 Å². The van der Waals surface area contributed by atoms with Crippen LogP contribution in [0, 0.1) is 6.92 Å². The Balaban J connectivity index is 1.74. The molecule has 1 aromatic carbocycles. The average molecular weight is 398 g/mol. The maximum Gasteiger partial charge on any atom is 0.263 e. The van der Waals surface area contributed by atoms with E-state index in [1.807, 2.05) is 30.3 Å². The molecule has 146 valence electrons. The summed E-state index contributed by atoms with van der Waals surface area (Å²) in [6, 6.07) is 11.7. The zero-order valence-corrected chi connectivity index (χ0v) is 16.7. The number of benzene rings is 1. The molecule has 0 aliphatic rings. The zero-order valence-electron chi connectivity index (χ0n) is 15.8. The predicted molar refractivity (Wildman–Crippen MR) is 109 cm³/mol. The lowest BCUT2D eigenvalue weighted by atomic mass is 10.1. The molecule has 2 aromatic heterocycles. The first-order valence-electron chi connectivity index (χ1n) is 8.95. The van der Waals surface area contributed by atoms with Gasteiger partial charge in [-0.2, -0.15) is 0 Å². The van der Waals surface area contributed by atoms with Crippen molar-refractivity contribution in [1.29, 1.82) is 0 Å². The van der Waals surface area contributed by atoms with Crippen LogP contribution >= 0.6 is 11.3 Å². The van der Waals surface area contributed by atoms with Crippen molar-refractivity contribution in [2.24, 2.45) is 0 Å². The first-order chi connectivity index (χ1) is 13.6. The van der Waals surface area contributed by atoms with Crippen LogP contribution in [0.4, 0.5) is 5.13 Å². The van der Waals surface area contributed by atoms with Crippen LogP contribution in [-0.2, 0) is 24.1 Å². The SMILES string of the molecule is COCCc1nnc(NC(=O)c2c(C)ccn(CCc3ccccc3)c2=O)s1. The van der Waals surface area contributed by atoms with Gasteiger partial charge in [0.2, 0.25) is 5.13 Å². The molecule has 0 atom stereocenters. The molecule has 0 unspecified atom stereocenters. The zero-order chi connectivity index (χ0) is 19.9. The van der Waals surface area contributed by atoms with Crippen molar-refractivity contribution in [3.05, 3.63) is 74.6 Å². The number of aryl methyl sites for hydroxylation is 3. The van der Waals surface area contributed by atoms with Crippen LogP contribution in [0.2, 0.25) is 0 Å². The standard InChI is InChI=1S/C20H22N4O3S/c1-14-8-11-24(12-9-15-6-4-3-5-7-15)19(26)17(14)18(25)21-20-23-22-16(28-20)10-13-27-2/h3-8,11H,9-10,12-13H2,1-2H3,(H,21,23,25). The Labute approximate surface area is 167 Å². The number of pyridine rings is 1. The van der Waals surface area contributed by atoms with Crippen LogP contribution in [0.5, 0.6) is 0 Å². The normalized spacial score (nSPS) is 10.8. The monoisotopic (exact) mass is 398 g/mol. The number of rotatable bonds is 8. The minimum Gasteiger partial charge on any atom is -0.384 e. The van der Waals surface area contributed by atoms with Crippen molar-refractivity contribution >= 4 is 22.4 Å². The van der Waals surface area contributed by atoms with E-state index in [-0.39, 0.29) is 11.1 Å². The van der Waals surface area contributed by atoms with Gasteiger partial charge in [-0.25, -0.2) is 0 Å². The fourth-order valence-corrected chi connectivity index (χ4v) is 3.48. The Morgan fingerprint density at radius 1 is 1.18 bits per heavy atom. The summed E-state index contributed by atoms with van der Waals surface area (Å²) in [5.74, 6) is -0.467. The number of anilines is 1. The van der Waals surface area contributed by atoms with Crippen molar-refractivity contribution in [2.45, 2.75) is 26.3 Å². The van der Waals surface area contributed by atoms with Crippen molar-refractivity contribution in [1.82, 2.24) is 14.8 Å². The molecular formula is C20H22N4O3S. The number of nitrogens with one attached hydrogen (secondary N) is 1. The van der Waals surface area contributed by atoms with Crippen LogP contribution in [0.25, 0.3) is 0 Å². The highest BCUT2D eigenvalue weighted by Gasteiger charge is 2.17. The number of nitrogens with zero attached hydrogens (tertiary/aromatic N) is 3. The molecule has 8 heteroatoms. The number of carbonyl (C=O) groups excluding carboxylic acids is 1. The summed E-state index contributed by atoms with van der Waals surface area (Å²) in [4.78, 5) is 25.5. The van der Waals surface area contributed by atoms with Gasteiger partial charge in [-0.15, -0.1) is 10.2 Å². The summed E-state index contributed by atoms with van der Waals surface area (Å²) in [5, 5.41) is 11.8. The fourth-order valence-electron chi connectivity index (χ4n) is 2.77. The van der Waals surface area contributed by atoms with E-state index in [1.165, 1.54) is 11.3 Å². The molecule has 0 saturated heterocycles. The average Bonchev–Trinajstić information content (AvgIpc) is 3.14. The van der Waals surface area contributed by atoms with Gasteiger partial charge in [0.05, 0.1) is 6.61 Å². The van der Waals surface area contributed by atoms with Crippen molar-refractivity contribution in [3.8, 4) is 0 Å². The van der Waals surface area contributed by atoms with Gasteiger partial charge < -0.3 is 9.30 Å². The Morgan fingerprint density at radius 2 is 1.96 bits per heavy atom. The molecule has 28 heavy (non-hydrogen) atoms. The third-order valence-corrected chi connectivity index (χ3v) is 5.19. The number of ether oxygens (including phenoxy) is 1. The van der Waals surface area contributed by atoms with Gasteiger partial charge in [0.15, 0.2) is 0 Å². The van der Waals surface area contributed by atoms with Gasteiger partial charge >= 0.3 is 0 Å². The number of hydrogen-bond acceptors (Lipinski definition) is 6. The van der Waals surface area contributed by atoms with Gasteiger partial charge in [0.25, 0.3) is 11.5 Å². The third kappa shape index (κ3) is 4.90. The molecule has 0 bridgehead atoms. The maximum absolute atomic E-state index is 12.8. The van der Waals surface area contributed by atoms with E-state index in [0.29, 0.717) is 36.7 Å². The first kappa shape index (κ1) is 19.9. The van der Waals surface area contributed by atoms with Crippen molar-refractivity contribution < 1.29 is 9.53 Å². The van der Waals surface area contributed by atoms with E-state index in [4.69, 9.17) is 4.74 Å². The van der Waals surface area contributed by atoms with E-state index < -0.39 is 5.91 Å². The molecule has 2 heterocycles. The topological polar surface area (TPSA) is 86.1 Å².